The van der Waals surface area contributed by atoms with E-state index in [0.29, 0.717) is 49.9 Å². The number of nitrogens with one attached hydrogen (secondary N) is 1. The fourth-order valence-electron chi connectivity index (χ4n) is 6.49. The number of carbonyl (C=O) groups excluding carboxylic acids is 3. The predicted octanol–water partition coefficient (Wildman–Crippen LogP) is 3.84. The van der Waals surface area contributed by atoms with Gasteiger partial charge in [-0.2, -0.15) is 0 Å². The SMILES string of the molecule is COCCCOc1cc(C(=O)N(C[C@@H]2CNC[C@H]2CN(C(=O)C2CC(=O)N(c3ccccc3)C2)C2CC2)C(C)C)ccc1OC. The first-order valence-corrected chi connectivity index (χ1v) is 16.3. The van der Waals surface area contributed by atoms with Gasteiger partial charge in [0.15, 0.2) is 11.5 Å². The maximum Gasteiger partial charge on any atom is 0.254 e. The summed E-state index contributed by atoms with van der Waals surface area (Å²) in [5.74, 6) is 1.23. The molecule has 2 aromatic rings. The van der Waals surface area contributed by atoms with Crippen molar-refractivity contribution < 1.29 is 28.6 Å². The van der Waals surface area contributed by atoms with E-state index in [4.69, 9.17) is 14.2 Å². The zero-order valence-electron chi connectivity index (χ0n) is 27.1. The van der Waals surface area contributed by atoms with E-state index in [2.05, 4.69) is 10.2 Å². The van der Waals surface area contributed by atoms with E-state index < -0.39 is 0 Å². The van der Waals surface area contributed by atoms with Crippen molar-refractivity contribution in [2.75, 3.05) is 65.1 Å². The molecule has 1 aliphatic carbocycles. The molecule has 2 heterocycles. The number of nitrogens with zero attached hydrogens (tertiary/aromatic N) is 3. The lowest BCUT2D eigenvalue weighted by Gasteiger charge is -2.34. The van der Waals surface area contributed by atoms with Crippen molar-refractivity contribution in [1.82, 2.24) is 15.1 Å². The lowest BCUT2D eigenvalue weighted by molar-refractivity contribution is -0.137. The van der Waals surface area contributed by atoms with Gasteiger partial charge in [-0.3, -0.25) is 14.4 Å². The van der Waals surface area contributed by atoms with Gasteiger partial charge in [0.2, 0.25) is 11.8 Å². The zero-order valence-corrected chi connectivity index (χ0v) is 27.1. The lowest BCUT2D eigenvalue weighted by atomic mass is 9.93. The number of ether oxygens (including phenoxy) is 3. The molecule has 0 radical (unpaired) electrons. The molecule has 244 valence electrons. The van der Waals surface area contributed by atoms with E-state index in [1.807, 2.05) is 49.1 Å². The zero-order chi connectivity index (χ0) is 31.9. The molecule has 10 heteroatoms. The first-order valence-electron chi connectivity index (χ1n) is 16.3. The number of anilines is 1. The van der Waals surface area contributed by atoms with Crippen LogP contribution in [0.15, 0.2) is 48.5 Å². The number of rotatable bonds is 15. The standard InChI is InChI=1S/C35H48N4O6/c1-24(2)37(34(41)25-11-14-31(44-4)32(17-25)45-16-8-15-43-3)22-27-19-36-20-28(27)23-39(30-12-13-30)35(42)26-18-33(40)38(21-26)29-9-6-5-7-10-29/h5-7,9-11,14,17,24,26-28,30,36H,8,12-13,15-16,18-23H2,1-4H3/t26?,27-,28-/m0/s1. The lowest BCUT2D eigenvalue weighted by Crippen LogP contribution is -2.46. The van der Waals surface area contributed by atoms with E-state index in [0.717, 1.165) is 38.0 Å². The average Bonchev–Trinajstić information content (AvgIpc) is 3.67. The predicted molar refractivity (Wildman–Crippen MR) is 173 cm³/mol. The summed E-state index contributed by atoms with van der Waals surface area (Å²) >= 11 is 0. The van der Waals surface area contributed by atoms with E-state index in [1.165, 1.54) is 0 Å². The summed E-state index contributed by atoms with van der Waals surface area (Å²) in [7, 11) is 3.25. The van der Waals surface area contributed by atoms with Crippen LogP contribution in [-0.4, -0.2) is 99.8 Å². The van der Waals surface area contributed by atoms with Gasteiger partial charge >= 0.3 is 0 Å². The van der Waals surface area contributed by atoms with Crippen LogP contribution in [0.4, 0.5) is 5.69 Å². The van der Waals surface area contributed by atoms with Gasteiger partial charge in [0.25, 0.3) is 5.91 Å². The molecule has 3 fully saturated rings. The summed E-state index contributed by atoms with van der Waals surface area (Å²) in [5, 5.41) is 3.53. The van der Waals surface area contributed by atoms with E-state index in [9.17, 15) is 14.4 Å². The van der Waals surface area contributed by atoms with Gasteiger partial charge in [0.05, 0.1) is 19.6 Å². The molecule has 3 amide bonds. The third-order valence-electron chi connectivity index (χ3n) is 9.20. The number of hydrogen-bond acceptors (Lipinski definition) is 7. The van der Waals surface area contributed by atoms with Crippen LogP contribution in [0.2, 0.25) is 0 Å². The number of carbonyl (C=O) groups is 3. The fraction of sp³-hybridized carbons (Fsp3) is 0.571. The first-order chi connectivity index (χ1) is 21.8. The molecule has 3 aliphatic rings. The molecule has 3 atom stereocenters. The molecule has 1 unspecified atom stereocenters. The van der Waals surface area contributed by atoms with Crippen molar-refractivity contribution >= 4 is 23.4 Å². The minimum Gasteiger partial charge on any atom is -0.493 e. The quantitative estimate of drug-likeness (QED) is 0.302. The Kier molecular flexibility index (Phi) is 11.0. The Labute approximate surface area is 267 Å². The summed E-state index contributed by atoms with van der Waals surface area (Å²) in [6.07, 6.45) is 2.99. The van der Waals surface area contributed by atoms with Crippen molar-refractivity contribution in [3.8, 4) is 11.5 Å². The summed E-state index contributed by atoms with van der Waals surface area (Å²) in [6, 6.07) is 15.2. The Morgan fingerprint density at radius 2 is 1.71 bits per heavy atom. The van der Waals surface area contributed by atoms with E-state index in [-0.39, 0.29) is 54.0 Å². The third kappa shape index (κ3) is 7.97. The average molecular weight is 621 g/mol. The molecule has 0 spiro atoms. The van der Waals surface area contributed by atoms with Gasteiger partial charge in [-0.1, -0.05) is 18.2 Å². The van der Waals surface area contributed by atoms with Crippen LogP contribution in [0.25, 0.3) is 0 Å². The van der Waals surface area contributed by atoms with Gasteiger partial charge in [-0.15, -0.1) is 0 Å². The molecule has 2 aromatic carbocycles. The largest absolute Gasteiger partial charge is 0.493 e. The van der Waals surface area contributed by atoms with Crippen molar-refractivity contribution in [2.45, 2.75) is 51.6 Å². The van der Waals surface area contributed by atoms with Crippen LogP contribution in [0.1, 0.15) is 49.9 Å². The van der Waals surface area contributed by atoms with Crippen molar-refractivity contribution in [3.63, 3.8) is 0 Å². The number of hydrogen-bond donors (Lipinski definition) is 1. The number of benzene rings is 2. The molecule has 10 nitrogen and oxygen atoms in total. The van der Waals surface area contributed by atoms with E-state index in [1.54, 1.807) is 37.3 Å². The van der Waals surface area contributed by atoms with E-state index >= 15 is 0 Å². The highest BCUT2D eigenvalue weighted by Crippen LogP contribution is 2.35. The van der Waals surface area contributed by atoms with Gasteiger partial charge in [-0.05, 0) is 68.9 Å². The molecular weight excluding hydrogens is 572 g/mol. The molecule has 2 aliphatic heterocycles. The minimum atomic E-state index is -0.333. The molecule has 45 heavy (non-hydrogen) atoms. The molecule has 1 saturated carbocycles. The smallest absolute Gasteiger partial charge is 0.254 e. The van der Waals surface area contributed by atoms with Crippen LogP contribution in [0.3, 0.4) is 0 Å². The second kappa shape index (κ2) is 15.1. The second-order valence-corrected chi connectivity index (χ2v) is 12.8. The Balaban J connectivity index is 1.25. The maximum absolute atomic E-state index is 13.9. The van der Waals surface area contributed by atoms with Crippen molar-refractivity contribution in [3.05, 3.63) is 54.1 Å². The first kappa shape index (κ1) is 32.8. The van der Waals surface area contributed by atoms with Crippen LogP contribution >= 0.6 is 0 Å². The molecule has 5 rings (SSSR count). The third-order valence-corrected chi connectivity index (χ3v) is 9.20. The highest BCUT2D eigenvalue weighted by molar-refractivity contribution is 6.00. The number of para-hydroxylation sites is 1. The Hall–Kier alpha value is -3.63. The van der Waals surface area contributed by atoms with Gasteiger partial charge < -0.3 is 34.2 Å². The summed E-state index contributed by atoms with van der Waals surface area (Å²) < 4.78 is 16.5. The van der Waals surface area contributed by atoms with Crippen molar-refractivity contribution in [1.29, 1.82) is 0 Å². The maximum atomic E-state index is 13.9. The highest BCUT2D eigenvalue weighted by atomic mass is 16.5. The Bertz CT molecular complexity index is 1320. The van der Waals surface area contributed by atoms with Crippen LogP contribution in [0, 0.1) is 17.8 Å². The Morgan fingerprint density at radius 3 is 2.38 bits per heavy atom. The molecule has 2 saturated heterocycles. The Morgan fingerprint density at radius 1 is 0.978 bits per heavy atom. The van der Waals surface area contributed by atoms with Gasteiger partial charge in [0.1, 0.15) is 0 Å². The monoisotopic (exact) mass is 620 g/mol. The highest BCUT2D eigenvalue weighted by Gasteiger charge is 2.43. The number of amides is 3. The van der Waals surface area contributed by atoms with Crippen LogP contribution in [-0.2, 0) is 14.3 Å². The van der Waals surface area contributed by atoms with Crippen LogP contribution in [0.5, 0.6) is 11.5 Å². The van der Waals surface area contributed by atoms with Crippen molar-refractivity contribution in [2.24, 2.45) is 17.8 Å². The summed E-state index contributed by atoms with van der Waals surface area (Å²) in [6.45, 7) is 8.35. The summed E-state index contributed by atoms with van der Waals surface area (Å²) in [4.78, 5) is 46.4. The topological polar surface area (TPSA) is 101 Å². The molecule has 0 bridgehead atoms. The van der Waals surface area contributed by atoms with Gasteiger partial charge in [0, 0.05) is 82.6 Å². The minimum absolute atomic E-state index is 0.00357. The molecule has 1 N–H and O–H groups in total. The van der Waals surface area contributed by atoms with Crippen LogP contribution < -0.4 is 19.7 Å². The number of methoxy groups -OCH3 is 2. The molecule has 0 aromatic heterocycles. The summed E-state index contributed by atoms with van der Waals surface area (Å²) in [5.41, 5.74) is 1.40. The molecular formula is C35H48N4O6. The fourth-order valence-corrected chi connectivity index (χ4v) is 6.49. The second-order valence-electron chi connectivity index (χ2n) is 12.8. The normalized spacial score (nSPS) is 21.3. The van der Waals surface area contributed by atoms with Gasteiger partial charge in [-0.25, -0.2) is 0 Å².